The minimum atomic E-state index is 0.157. The van der Waals surface area contributed by atoms with Gasteiger partial charge in [0.2, 0.25) is 0 Å². The van der Waals surface area contributed by atoms with Gasteiger partial charge in [0.1, 0.15) is 11.5 Å². The number of aliphatic hydroxyl groups is 1. The van der Waals surface area contributed by atoms with E-state index in [-0.39, 0.29) is 6.61 Å². The SMILES string of the molecule is OCCc1c2c(c(Br)c3c1OCC3)OCC2. The molecule has 0 radical (unpaired) electrons. The fraction of sp³-hybridized carbons (Fsp3) is 0.500. The van der Waals surface area contributed by atoms with E-state index in [9.17, 15) is 0 Å². The highest BCUT2D eigenvalue weighted by atomic mass is 79.9. The number of benzene rings is 1. The van der Waals surface area contributed by atoms with Crippen molar-refractivity contribution in [3.63, 3.8) is 0 Å². The van der Waals surface area contributed by atoms with Crippen LogP contribution in [0.2, 0.25) is 0 Å². The van der Waals surface area contributed by atoms with Gasteiger partial charge in [-0.3, -0.25) is 0 Å². The fourth-order valence-corrected chi connectivity index (χ4v) is 3.26. The maximum atomic E-state index is 9.14. The largest absolute Gasteiger partial charge is 0.493 e. The van der Waals surface area contributed by atoms with Crippen molar-refractivity contribution in [3.05, 3.63) is 21.2 Å². The number of aliphatic hydroxyl groups excluding tert-OH is 1. The summed E-state index contributed by atoms with van der Waals surface area (Å²) in [6.07, 6.45) is 2.49. The van der Waals surface area contributed by atoms with E-state index >= 15 is 0 Å². The van der Waals surface area contributed by atoms with Crippen LogP contribution in [0.3, 0.4) is 0 Å². The van der Waals surface area contributed by atoms with Gasteiger partial charge in [-0.05, 0) is 22.4 Å². The van der Waals surface area contributed by atoms with E-state index in [0.29, 0.717) is 6.42 Å². The van der Waals surface area contributed by atoms with Crippen molar-refractivity contribution in [1.82, 2.24) is 0 Å². The van der Waals surface area contributed by atoms with Gasteiger partial charge in [-0.25, -0.2) is 0 Å². The summed E-state index contributed by atoms with van der Waals surface area (Å²) in [6, 6.07) is 0. The first kappa shape index (κ1) is 10.4. The molecular weight excluding hydrogens is 272 g/mol. The van der Waals surface area contributed by atoms with Gasteiger partial charge in [0, 0.05) is 36.1 Å². The second-order valence-corrected chi connectivity index (χ2v) is 4.87. The van der Waals surface area contributed by atoms with Gasteiger partial charge in [0.05, 0.1) is 17.7 Å². The first-order chi connectivity index (χ1) is 7.83. The second-order valence-electron chi connectivity index (χ2n) is 4.08. The third kappa shape index (κ3) is 1.36. The molecule has 2 aliphatic heterocycles. The minimum Gasteiger partial charge on any atom is -0.493 e. The van der Waals surface area contributed by atoms with E-state index < -0.39 is 0 Å². The summed E-state index contributed by atoms with van der Waals surface area (Å²) in [5.74, 6) is 1.94. The molecule has 2 heterocycles. The van der Waals surface area contributed by atoms with Crippen molar-refractivity contribution in [2.75, 3.05) is 19.8 Å². The molecule has 3 rings (SSSR count). The molecule has 4 heteroatoms. The lowest BCUT2D eigenvalue weighted by Gasteiger charge is -2.13. The van der Waals surface area contributed by atoms with Crippen LogP contribution in [0.1, 0.15) is 16.7 Å². The number of hydrogen-bond donors (Lipinski definition) is 1. The van der Waals surface area contributed by atoms with Gasteiger partial charge in [0.15, 0.2) is 0 Å². The summed E-state index contributed by atoms with van der Waals surface area (Å²) < 4.78 is 12.4. The van der Waals surface area contributed by atoms with E-state index in [0.717, 1.165) is 47.6 Å². The van der Waals surface area contributed by atoms with E-state index in [4.69, 9.17) is 14.6 Å². The molecule has 1 N–H and O–H groups in total. The standard InChI is InChI=1S/C12H13BrO3/c13-10-9-3-6-15-11(9)7(1-4-14)8-2-5-16-12(8)10/h14H,1-6H2. The maximum Gasteiger partial charge on any atom is 0.137 e. The van der Waals surface area contributed by atoms with Crippen molar-refractivity contribution >= 4 is 15.9 Å². The van der Waals surface area contributed by atoms with Crippen LogP contribution in [-0.4, -0.2) is 24.9 Å². The normalized spacial score (nSPS) is 16.6. The lowest BCUT2D eigenvalue weighted by atomic mass is 9.97. The molecular formula is C12H13BrO3. The summed E-state index contributed by atoms with van der Waals surface area (Å²) >= 11 is 3.60. The third-order valence-electron chi connectivity index (χ3n) is 3.21. The molecule has 0 aliphatic carbocycles. The summed E-state index contributed by atoms with van der Waals surface area (Å²) in [6.45, 7) is 1.62. The Kier molecular flexibility index (Phi) is 2.56. The van der Waals surface area contributed by atoms with Gasteiger partial charge in [0.25, 0.3) is 0 Å². The van der Waals surface area contributed by atoms with Crippen molar-refractivity contribution in [2.45, 2.75) is 19.3 Å². The number of ether oxygens (including phenoxy) is 2. The molecule has 0 amide bonds. The molecule has 0 bridgehead atoms. The predicted octanol–water partition coefficient (Wildman–Crippen LogP) is 1.85. The van der Waals surface area contributed by atoms with Gasteiger partial charge >= 0.3 is 0 Å². The van der Waals surface area contributed by atoms with Crippen molar-refractivity contribution in [1.29, 1.82) is 0 Å². The fourth-order valence-electron chi connectivity index (χ4n) is 2.52. The summed E-state index contributed by atoms with van der Waals surface area (Å²) in [4.78, 5) is 0. The molecule has 16 heavy (non-hydrogen) atoms. The molecule has 1 aromatic carbocycles. The molecule has 0 spiro atoms. The Labute approximate surface area is 102 Å². The van der Waals surface area contributed by atoms with E-state index in [2.05, 4.69) is 15.9 Å². The zero-order valence-electron chi connectivity index (χ0n) is 8.88. The summed E-state index contributed by atoms with van der Waals surface area (Å²) in [7, 11) is 0. The number of fused-ring (bicyclic) bond motifs is 2. The second kappa shape index (κ2) is 3.93. The van der Waals surface area contributed by atoms with Gasteiger partial charge in [-0.1, -0.05) is 0 Å². The number of rotatable bonds is 2. The van der Waals surface area contributed by atoms with Gasteiger partial charge in [-0.2, -0.15) is 0 Å². The molecule has 0 atom stereocenters. The average molecular weight is 285 g/mol. The molecule has 2 aliphatic rings. The molecule has 0 fully saturated rings. The van der Waals surface area contributed by atoms with E-state index in [1.54, 1.807) is 0 Å². The monoisotopic (exact) mass is 284 g/mol. The smallest absolute Gasteiger partial charge is 0.137 e. The summed E-state index contributed by atoms with van der Waals surface area (Å²) in [5.41, 5.74) is 3.55. The maximum absolute atomic E-state index is 9.14. The van der Waals surface area contributed by atoms with Crippen LogP contribution in [0.5, 0.6) is 11.5 Å². The zero-order valence-corrected chi connectivity index (χ0v) is 10.5. The van der Waals surface area contributed by atoms with Crippen LogP contribution < -0.4 is 9.47 Å². The molecule has 0 saturated carbocycles. The van der Waals surface area contributed by atoms with Crippen molar-refractivity contribution < 1.29 is 14.6 Å². The van der Waals surface area contributed by atoms with Crippen LogP contribution in [0.4, 0.5) is 0 Å². The molecule has 0 aromatic heterocycles. The Hall–Kier alpha value is -0.740. The quantitative estimate of drug-likeness (QED) is 0.901. The predicted molar refractivity (Wildman–Crippen MR) is 63.3 cm³/mol. The van der Waals surface area contributed by atoms with Crippen LogP contribution >= 0.6 is 15.9 Å². The van der Waals surface area contributed by atoms with Crippen LogP contribution in [0.15, 0.2) is 4.47 Å². The molecule has 1 aromatic rings. The Morgan fingerprint density at radius 1 is 1.06 bits per heavy atom. The number of halogens is 1. The lowest BCUT2D eigenvalue weighted by molar-refractivity contribution is 0.294. The highest BCUT2D eigenvalue weighted by Crippen LogP contribution is 2.47. The Morgan fingerprint density at radius 2 is 1.75 bits per heavy atom. The number of hydrogen-bond acceptors (Lipinski definition) is 3. The highest BCUT2D eigenvalue weighted by Gasteiger charge is 2.29. The lowest BCUT2D eigenvalue weighted by Crippen LogP contribution is -2.00. The van der Waals surface area contributed by atoms with Crippen LogP contribution in [0, 0.1) is 0 Å². The average Bonchev–Trinajstić information content (AvgIpc) is 2.92. The van der Waals surface area contributed by atoms with E-state index in [1.807, 2.05) is 0 Å². The van der Waals surface area contributed by atoms with Crippen molar-refractivity contribution in [2.24, 2.45) is 0 Å². The summed E-state index contributed by atoms with van der Waals surface area (Å²) in [5, 5.41) is 9.14. The minimum absolute atomic E-state index is 0.157. The topological polar surface area (TPSA) is 38.7 Å². The Morgan fingerprint density at radius 3 is 2.50 bits per heavy atom. The highest BCUT2D eigenvalue weighted by molar-refractivity contribution is 9.10. The Balaban J connectivity index is 2.23. The van der Waals surface area contributed by atoms with Crippen molar-refractivity contribution in [3.8, 4) is 11.5 Å². The van der Waals surface area contributed by atoms with Crippen LogP contribution in [0.25, 0.3) is 0 Å². The van der Waals surface area contributed by atoms with E-state index in [1.165, 1.54) is 11.1 Å². The first-order valence-electron chi connectivity index (χ1n) is 5.55. The molecule has 86 valence electrons. The molecule has 0 unspecified atom stereocenters. The van der Waals surface area contributed by atoms with Gasteiger partial charge in [-0.15, -0.1) is 0 Å². The zero-order chi connectivity index (χ0) is 11.1. The van der Waals surface area contributed by atoms with Gasteiger partial charge < -0.3 is 14.6 Å². The Bertz CT molecular complexity index is 407. The molecule has 3 nitrogen and oxygen atoms in total. The molecule has 0 saturated heterocycles. The third-order valence-corrected chi connectivity index (χ3v) is 4.05. The first-order valence-corrected chi connectivity index (χ1v) is 6.34. The van der Waals surface area contributed by atoms with Crippen LogP contribution in [-0.2, 0) is 19.3 Å².